The van der Waals surface area contributed by atoms with Crippen molar-refractivity contribution in [2.75, 3.05) is 77.6 Å². The molecule has 0 atom stereocenters. The molecular weight excluding hydrogens is 352 g/mol. The van der Waals surface area contributed by atoms with Crippen molar-refractivity contribution in [3.05, 3.63) is 25.7 Å². The van der Waals surface area contributed by atoms with E-state index in [0.29, 0.717) is 66.1 Å². The molecule has 0 heterocycles. The molecule has 0 amide bonds. The van der Waals surface area contributed by atoms with Crippen molar-refractivity contribution in [3.8, 4) is 0 Å². The van der Waals surface area contributed by atoms with Gasteiger partial charge in [0.25, 0.3) is 0 Å². The smallest absolute Gasteiger partial charge is 0.111 e. The summed E-state index contributed by atoms with van der Waals surface area (Å²) in [6.45, 7) is 12.8. The highest BCUT2D eigenvalue weighted by Crippen LogP contribution is 1.83. The highest BCUT2D eigenvalue weighted by Gasteiger charge is 1.89. The van der Waals surface area contributed by atoms with E-state index in [1.165, 1.54) is 12.5 Å². The molecule has 0 saturated heterocycles. The lowest BCUT2D eigenvalue weighted by Crippen LogP contribution is -2.10. The van der Waals surface area contributed by atoms with E-state index in [1.54, 1.807) is 0 Å². The van der Waals surface area contributed by atoms with Gasteiger partial charge >= 0.3 is 0 Å². The average molecular weight is 385 g/mol. The van der Waals surface area contributed by atoms with Crippen LogP contribution in [-0.2, 0) is 28.4 Å². The second kappa shape index (κ2) is 27.5. The van der Waals surface area contributed by atoms with Crippen molar-refractivity contribution < 1.29 is 28.4 Å². The Morgan fingerprint density at radius 2 is 0.792 bits per heavy atom. The van der Waals surface area contributed by atoms with Crippen LogP contribution in [-0.4, -0.2) is 77.6 Å². The van der Waals surface area contributed by atoms with Crippen LogP contribution in [0.1, 0.15) is 0 Å². The summed E-state index contributed by atoms with van der Waals surface area (Å²) in [7, 11) is 0. The molecule has 6 nitrogen and oxygen atoms in total. The van der Waals surface area contributed by atoms with Crippen LogP contribution < -0.4 is 0 Å². The molecule has 0 aromatic carbocycles. The van der Waals surface area contributed by atoms with E-state index < -0.39 is 0 Å². The Hall–Kier alpha value is -0.380. The molecule has 0 aromatic rings. The van der Waals surface area contributed by atoms with Gasteiger partial charge in [0.05, 0.1) is 65.4 Å². The van der Waals surface area contributed by atoms with E-state index in [2.05, 4.69) is 38.4 Å². The number of hydrogen-bond donors (Lipinski definition) is 2. The van der Waals surface area contributed by atoms with E-state index in [-0.39, 0.29) is 0 Å². The predicted molar refractivity (Wildman–Crippen MR) is 103 cm³/mol. The van der Waals surface area contributed by atoms with Gasteiger partial charge in [-0.1, -0.05) is 13.2 Å². The van der Waals surface area contributed by atoms with Gasteiger partial charge in [0.15, 0.2) is 0 Å². The zero-order chi connectivity index (χ0) is 18.1. The SMILES string of the molecule is C=COCCOCCOCCOC=C.SCCOCCOCCS. The lowest BCUT2D eigenvalue weighted by molar-refractivity contribution is 0.0186. The van der Waals surface area contributed by atoms with Gasteiger partial charge in [-0.05, 0) is 0 Å². The molecule has 0 radical (unpaired) electrons. The molecule has 0 N–H and O–H groups in total. The van der Waals surface area contributed by atoms with E-state index in [0.717, 1.165) is 11.5 Å². The number of ether oxygens (including phenoxy) is 6. The third-order valence-electron chi connectivity index (χ3n) is 2.14. The van der Waals surface area contributed by atoms with Crippen LogP contribution in [0.15, 0.2) is 25.7 Å². The zero-order valence-corrected chi connectivity index (χ0v) is 16.2. The zero-order valence-electron chi connectivity index (χ0n) is 14.4. The van der Waals surface area contributed by atoms with Crippen molar-refractivity contribution in [3.63, 3.8) is 0 Å². The second-order valence-electron chi connectivity index (χ2n) is 3.97. The summed E-state index contributed by atoms with van der Waals surface area (Å²) >= 11 is 7.97. The summed E-state index contributed by atoms with van der Waals surface area (Å²) in [5, 5.41) is 0. The molecule has 0 fully saturated rings. The largest absolute Gasteiger partial charge is 0.499 e. The van der Waals surface area contributed by atoms with Gasteiger partial charge in [-0.2, -0.15) is 25.3 Å². The summed E-state index contributed by atoms with van der Waals surface area (Å²) in [6.07, 6.45) is 2.79. The van der Waals surface area contributed by atoms with Gasteiger partial charge in [0.1, 0.15) is 13.2 Å². The molecule has 0 aliphatic carbocycles. The Kier molecular flexibility index (Phi) is 29.6. The number of thiol groups is 2. The molecule has 0 aliphatic heterocycles. The first-order chi connectivity index (χ1) is 11.8. The van der Waals surface area contributed by atoms with Gasteiger partial charge in [0, 0.05) is 11.5 Å². The third-order valence-corrected chi connectivity index (χ3v) is 2.51. The minimum absolute atomic E-state index is 0.531. The monoisotopic (exact) mass is 384 g/mol. The van der Waals surface area contributed by atoms with Crippen LogP contribution in [0, 0.1) is 0 Å². The van der Waals surface area contributed by atoms with E-state index in [1.807, 2.05) is 0 Å². The molecule has 0 spiro atoms. The Morgan fingerprint density at radius 3 is 1.08 bits per heavy atom. The summed E-state index contributed by atoms with van der Waals surface area (Å²) in [5.74, 6) is 1.54. The fraction of sp³-hybridized carbons (Fsp3) is 0.750. The van der Waals surface area contributed by atoms with Crippen molar-refractivity contribution in [1.29, 1.82) is 0 Å². The van der Waals surface area contributed by atoms with Crippen LogP contribution in [0.2, 0.25) is 0 Å². The van der Waals surface area contributed by atoms with Crippen LogP contribution in [0.4, 0.5) is 0 Å². The molecule has 144 valence electrons. The third kappa shape index (κ3) is 29.6. The highest BCUT2D eigenvalue weighted by atomic mass is 32.1. The summed E-state index contributed by atoms with van der Waals surface area (Å²) in [5.41, 5.74) is 0. The molecule has 8 heteroatoms. The molecule has 0 bridgehead atoms. The molecule has 0 saturated carbocycles. The molecule has 0 aromatic heterocycles. The van der Waals surface area contributed by atoms with Crippen molar-refractivity contribution in [2.24, 2.45) is 0 Å². The standard InChI is InChI=1S/C10H18O4.C6H14O2S2/c1-3-11-5-7-13-9-10-14-8-6-12-4-2;9-5-3-7-1-2-8-4-6-10/h3-4H,1-2,5-10H2;9-10H,1-6H2. The van der Waals surface area contributed by atoms with Crippen LogP contribution in [0.3, 0.4) is 0 Å². The molecule has 24 heavy (non-hydrogen) atoms. The summed E-state index contributed by atoms with van der Waals surface area (Å²) < 4.78 is 30.3. The second-order valence-corrected chi connectivity index (χ2v) is 4.87. The first-order valence-electron chi connectivity index (χ1n) is 7.81. The Balaban J connectivity index is 0. The number of rotatable bonds is 18. The van der Waals surface area contributed by atoms with Crippen LogP contribution in [0.25, 0.3) is 0 Å². The van der Waals surface area contributed by atoms with Gasteiger partial charge in [-0.15, -0.1) is 0 Å². The Morgan fingerprint density at radius 1 is 0.500 bits per heavy atom. The van der Waals surface area contributed by atoms with Gasteiger partial charge in [0.2, 0.25) is 0 Å². The normalized spacial score (nSPS) is 9.75. The predicted octanol–water partition coefficient (Wildman–Crippen LogP) is 2.22. The van der Waals surface area contributed by atoms with Crippen LogP contribution >= 0.6 is 25.3 Å². The first kappa shape index (κ1) is 25.9. The maximum absolute atomic E-state index is 5.18. The first-order valence-corrected chi connectivity index (χ1v) is 9.07. The fourth-order valence-corrected chi connectivity index (χ4v) is 1.41. The topological polar surface area (TPSA) is 55.4 Å². The quantitative estimate of drug-likeness (QED) is 0.215. The lowest BCUT2D eigenvalue weighted by Gasteiger charge is -2.05. The van der Waals surface area contributed by atoms with E-state index in [4.69, 9.17) is 28.4 Å². The maximum Gasteiger partial charge on any atom is 0.111 e. The molecule has 0 unspecified atom stereocenters. The van der Waals surface area contributed by atoms with E-state index in [9.17, 15) is 0 Å². The van der Waals surface area contributed by atoms with Crippen molar-refractivity contribution >= 4 is 25.3 Å². The van der Waals surface area contributed by atoms with Crippen molar-refractivity contribution in [1.82, 2.24) is 0 Å². The van der Waals surface area contributed by atoms with Crippen molar-refractivity contribution in [2.45, 2.75) is 0 Å². The molecular formula is C16H32O6S2. The Labute approximate surface area is 157 Å². The fourth-order valence-electron chi connectivity index (χ4n) is 1.15. The molecule has 0 aliphatic rings. The Bertz CT molecular complexity index is 221. The van der Waals surface area contributed by atoms with E-state index >= 15 is 0 Å². The average Bonchev–Trinajstić information content (AvgIpc) is 2.60. The molecule has 0 rings (SSSR count). The summed E-state index contributed by atoms with van der Waals surface area (Å²) in [4.78, 5) is 0. The minimum Gasteiger partial charge on any atom is -0.499 e. The minimum atomic E-state index is 0.531. The summed E-state index contributed by atoms with van der Waals surface area (Å²) in [6, 6.07) is 0. The number of hydrogen-bond acceptors (Lipinski definition) is 8. The van der Waals surface area contributed by atoms with Gasteiger partial charge < -0.3 is 28.4 Å². The maximum atomic E-state index is 5.18. The van der Waals surface area contributed by atoms with Crippen LogP contribution in [0.5, 0.6) is 0 Å². The van der Waals surface area contributed by atoms with Gasteiger partial charge in [-0.25, -0.2) is 0 Å². The lowest BCUT2D eigenvalue weighted by atomic mass is 10.7. The van der Waals surface area contributed by atoms with Gasteiger partial charge in [-0.3, -0.25) is 0 Å². The highest BCUT2D eigenvalue weighted by molar-refractivity contribution is 7.80.